The SMILES string of the molecule is Cc1ccccc1C(=O)N1CCc2c([nH][nH]c2=O)C1. The van der Waals surface area contributed by atoms with Gasteiger partial charge in [0.1, 0.15) is 0 Å². The fourth-order valence-electron chi connectivity index (χ4n) is 2.49. The fourth-order valence-corrected chi connectivity index (χ4v) is 2.49. The second-order valence-electron chi connectivity index (χ2n) is 4.83. The predicted octanol–water partition coefficient (Wildman–Crippen LogP) is 1.21. The first kappa shape index (κ1) is 11.8. The summed E-state index contributed by atoms with van der Waals surface area (Å²) in [6.45, 7) is 2.98. The van der Waals surface area contributed by atoms with Gasteiger partial charge in [-0.1, -0.05) is 18.2 Å². The Hall–Kier alpha value is -2.30. The van der Waals surface area contributed by atoms with E-state index in [1.165, 1.54) is 0 Å². The molecule has 1 aliphatic rings. The van der Waals surface area contributed by atoms with Crippen LogP contribution in [0.3, 0.4) is 0 Å². The van der Waals surface area contributed by atoms with Crippen molar-refractivity contribution >= 4 is 5.91 Å². The smallest absolute Gasteiger partial charge is 0.267 e. The molecule has 0 unspecified atom stereocenters. The molecule has 19 heavy (non-hydrogen) atoms. The number of aromatic amines is 2. The summed E-state index contributed by atoms with van der Waals surface area (Å²) < 4.78 is 0. The molecular weight excluding hydrogens is 242 g/mol. The molecule has 98 valence electrons. The van der Waals surface area contributed by atoms with Crippen molar-refractivity contribution in [1.82, 2.24) is 15.1 Å². The van der Waals surface area contributed by atoms with Gasteiger partial charge >= 0.3 is 0 Å². The van der Waals surface area contributed by atoms with Crippen LogP contribution in [0.1, 0.15) is 27.2 Å². The van der Waals surface area contributed by atoms with Gasteiger partial charge in [0.2, 0.25) is 0 Å². The van der Waals surface area contributed by atoms with Gasteiger partial charge in [0.25, 0.3) is 11.5 Å². The molecule has 5 heteroatoms. The summed E-state index contributed by atoms with van der Waals surface area (Å²) >= 11 is 0. The van der Waals surface area contributed by atoms with Gasteiger partial charge in [0, 0.05) is 17.7 Å². The summed E-state index contributed by atoms with van der Waals surface area (Å²) in [7, 11) is 0. The molecule has 3 rings (SSSR count). The maximum Gasteiger partial charge on any atom is 0.267 e. The van der Waals surface area contributed by atoms with E-state index in [-0.39, 0.29) is 11.5 Å². The highest BCUT2D eigenvalue weighted by atomic mass is 16.2. The van der Waals surface area contributed by atoms with Gasteiger partial charge in [0.15, 0.2) is 0 Å². The van der Waals surface area contributed by atoms with E-state index < -0.39 is 0 Å². The van der Waals surface area contributed by atoms with E-state index in [9.17, 15) is 9.59 Å². The number of benzene rings is 1. The Kier molecular flexibility index (Phi) is 2.74. The van der Waals surface area contributed by atoms with E-state index in [4.69, 9.17) is 0 Å². The molecule has 0 atom stereocenters. The highest BCUT2D eigenvalue weighted by Gasteiger charge is 2.25. The zero-order valence-electron chi connectivity index (χ0n) is 10.7. The Morgan fingerprint density at radius 2 is 2.05 bits per heavy atom. The molecule has 0 saturated carbocycles. The minimum atomic E-state index is -0.0713. The third-order valence-corrected chi connectivity index (χ3v) is 3.61. The number of rotatable bonds is 1. The van der Waals surface area contributed by atoms with E-state index in [0.29, 0.717) is 19.5 Å². The maximum absolute atomic E-state index is 12.5. The van der Waals surface area contributed by atoms with E-state index >= 15 is 0 Å². The highest BCUT2D eigenvalue weighted by molar-refractivity contribution is 5.95. The first-order chi connectivity index (χ1) is 9.16. The number of fused-ring (bicyclic) bond motifs is 1. The van der Waals surface area contributed by atoms with Crippen molar-refractivity contribution in [3.05, 3.63) is 57.0 Å². The molecule has 1 aliphatic heterocycles. The molecule has 1 amide bonds. The minimum absolute atomic E-state index is 0.0193. The number of aromatic nitrogens is 2. The van der Waals surface area contributed by atoms with Crippen molar-refractivity contribution < 1.29 is 4.79 Å². The van der Waals surface area contributed by atoms with Crippen LogP contribution in [-0.4, -0.2) is 27.5 Å². The largest absolute Gasteiger partial charge is 0.332 e. The van der Waals surface area contributed by atoms with E-state index in [2.05, 4.69) is 10.2 Å². The zero-order chi connectivity index (χ0) is 13.4. The lowest BCUT2D eigenvalue weighted by atomic mass is 10.0. The van der Waals surface area contributed by atoms with Gasteiger partial charge in [-0.05, 0) is 25.0 Å². The van der Waals surface area contributed by atoms with Crippen LogP contribution < -0.4 is 5.56 Å². The van der Waals surface area contributed by atoms with Gasteiger partial charge in [0.05, 0.1) is 12.2 Å². The average molecular weight is 257 g/mol. The topological polar surface area (TPSA) is 69.0 Å². The molecule has 2 N–H and O–H groups in total. The van der Waals surface area contributed by atoms with Gasteiger partial charge in [-0.15, -0.1) is 0 Å². The summed E-state index contributed by atoms with van der Waals surface area (Å²) in [4.78, 5) is 25.7. The van der Waals surface area contributed by atoms with Crippen LogP contribution in [0.2, 0.25) is 0 Å². The molecule has 2 heterocycles. The van der Waals surface area contributed by atoms with E-state index in [1.807, 2.05) is 31.2 Å². The molecule has 2 aromatic rings. The molecule has 0 saturated heterocycles. The number of carbonyl (C=O) groups is 1. The Morgan fingerprint density at radius 3 is 2.84 bits per heavy atom. The normalized spacial score (nSPS) is 14.3. The lowest BCUT2D eigenvalue weighted by molar-refractivity contribution is 0.0731. The van der Waals surface area contributed by atoms with Crippen LogP contribution in [-0.2, 0) is 13.0 Å². The van der Waals surface area contributed by atoms with Gasteiger partial charge < -0.3 is 10.00 Å². The van der Waals surface area contributed by atoms with E-state index in [0.717, 1.165) is 22.4 Å². The van der Waals surface area contributed by atoms with Crippen LogP contribution in [0, 0.1) is 6.92 Å². The number of aryl methyl sites for hydroxylation is 1. The standard InChI is InChI=1S/C14H15N3O2/c1-9-4-2-3-5-10(9)14(19)17-7-6-11-12(8-17)15-16-13(11)18/h2-5H,6-8H2,1H3,(H2,15,16,18). The second-order valence-corrected chi connectivity index (χ2v) is 4.83. The molecule has 1 aromatic heterocycles. The number of amides is 1. The van der Waals surface area contributed by atoms with Crippen molar-refractivity contribution in [2.75, 3.05) is 6.54 Å². The summed E-state index contributed by atoms with van der Waals surface area (Å²) in [5.41, 5.74) is 3.22. The number of H-pyrrole nitrogens is 2. The molecule has 5 nitrogen and oxygen atoms in total. The lowest BCUT2D eigenvalue weighted by Gasteiger charge is -2.26. The maximum atomic E-state index is 12.5. The van der Waals surface area contributed by atoms with Crippen molar-refractivity contribution in [1.29, 1.82) is 0 Å². The fraction of sp³-hybridized carbons (Fsp3) is 0.286. The summed E-state index contributed by atoms with van der Waals surface area (Å²) in [5, 5.41) is 5.42. The number of nitrogens with zero attached hydrogens (tertiary/aromatic N) is 1. The molecule has 0 radical (unpaired) electrons. The first-order valence-corrected chi connectivity index (χ1v) is 6.30. The average Bonchev–Trinajstić information content (AvgIpc) is 2.80. The van der Waals surface area contributed by atoms with Gasteiger partial charge in [-0.25, -0.2) is 0 Å². The summed E-state index contributed by atoms with van der Waals surface area (Å²) in [6.07, 6.45) is 0.603. The molecule has 0 bridgehead atoms. The number of nitrogens with one attached hydrogen (secondary N) is 2. The summed E-state index contributed by atoms with van der Waals surface area (Å²) in [5.74, 6) is 0.0193. The van der Waals surface area contributed by atoms with Crippen LogP contribution in [0.25, 0.3) is 0 Å². The third kappa shape index (κ3) is 1.97. The summed E-state index contributed by atoms with van der Waals surface area (Å²) in [6, 6.07) is 7.56. The molecule has 0 spiro atoms. The van der Waals surface area contributed by atoms with Crippen LogP contribution in [0.4, 0.5) is 0 Å². The van der Waals surface area contributed by atoms with Gasteiger partial charge in [-0.3, -0.25) is 14.7 Å². The zero-order valence-corrected chi connectivity index (χ0v) is 10.7. The van der Waals surface area contributed by atoms with Crippen LogP contribution >= 0.6 is 0 Å². The number of carbonyl (C=O) groups excluding carboxylic acids is 1. The Morgan fingerprint density at radius 1 is 1.26 bits per heavy atom. The van der Waals surface area contributed by atoms with Crippen LogP contribution in [0.15, 0.2) is 29.1 Å². The third-order valence-electron chi connectivity index (χ3n) is 3.61. The molecule has 0 aliphatic carbocycles. The minimum Gasteiger partial charge on any atom is -0.332 e. The molecular formula is C14H15N3O2. The van der Waals surface area contributed by atoms with Crippen LogP contribution in [0.5, 0.6) is 0 Å². The molecule has 0 fully saturated rings. The highest BCUT2D eigenvalue weighted by Crippen LogP contribution is 2.17. The van der Waals surface area contributed by atoms with Crippen molar-refractivity contribution in [3.8, 4) is 0 Å². The quantitative estimate of drug-likeness (QED) is 0.806. The van der Waals surface area contributed by atoms with Crippen molar-refractivity contribution in [3.63, 3.8) is 0 Å². The Labute approximate surface area is 110 Å². The van der Waals surface area contributed by atoms with E-state index in [1.54, 1.807) is 4.90 Å². The van der Waals surface area contributed by atoms with Gasteiger partial charge in [-0.2, -0.15) is 0 Å². The second kappa shape index (κ2) is 4.42. The predicted molar refractivity (Wildman–Crippen MR) is 71.0 cm³/mol. The lowest BCUT2D eigenvalue weighted by Crippen LogP contribution is -2.37. The van der Waals surface area contributed by atoms with Crippen molar-refractivity contribution in [2.24, 2.45) is 0 Å². The molecule has 1 aromatic carbocycles. The first-order valence-electron chi connectivity index (χ1n) is 6.30. The Bertz CT molecular complexity index is 684. The number of hydrogen-bond acceptors (Lipinski definition) is 2. The monoisotopic (exact) mass is 257 g/mol. The van der Waals surface area contributed by atoms with Crippen molar-refractivity contribution in [2.45, 2.75) is 19.9 Å². The Balaban J connectivity index is 1.88. The number of hydrogen-bond donors (Lipinski definition) is 2.